The molecule has 1 aromatic heterocycles. The van der Waals surface area contributed by atoms with E-state index in [4.69, 9.17) is 10.5 Å². The molecule has 0 fully saturated rings. The summed E-state index contributed by atoms with van der Waals surface area (Å²) >= 11 is 0. The highest BCUT2D eigenvalue weighted by molar-refractivity contribution is 5.79. The van der Waals surface area contributed by atoms with Gasteiger partial charge in [-0.05, 0) is 29.8 Å². The van der Waals surface area contributed by atoms with Crippen LogP contribution in [0.2, 0.25) is 0 Å². The zero-order valence-electron chi connectivity index (χ0n) is 13.0. The minimum absolute atomic E-state index is 0.0543. The van der Waals surface area contributed by atoms with Crippen LogP contribution in [-0.4, -0.2) is 12.1 Å². The number of aromatic amines is 1. The van der Waals surface area contributed by atoms with Crippen molar-refractivity contribution in [1.29, 1.82) is 5.26 Å². The van der Waals surface area contributed by atoms with Gasteiger partial charge in [0.05, 0.1) is 7.11 Å². The van der Waals surface area contributed by atoms with E-state index in [1.165, 1.54) is 0 Å². The maximum absolute atomic E-state index is 12.4. The molecule has 0 spiro atoms. The number of para-hydroxylation sites is 1. The number of pyridine rings is 1. The van der Waals surface area contributed by atoms with Gasteiger partial charge < -0.3 is 15.5 Å². The van der Waals surface area contributed by atoms with Crippen molar-refractivity contribution in [3.8, 4) is 34.2 Å². The van der Waals surface area contributed by atoms with Gasteiger partial charge in [0.15, 0.2) is 0 Å². The summed E-state index contributed by atoms with van der Waals surface area (Å²) in [5, 5.41) is 9.39. The normalized spacial score (nSPS) is 10.2. The minimum atomic E-state index is -0.437. The average Bonchev–Trinajstić information content (AvgIpc) is 2.61. The number of H-pyrrole nitrogens is 1. The molecule has 0 saturated heterocycles. The first-order valence-electron chi connectivity index (χ1n) is 7.30. The number of rotatable bonds is 3. The van der Waals surface area contributed by atoms with E-state index >= 15 is 0 Å². The van der Waals surface area contributed by atoms with Crippen LogP contribution >= 0.6 is 0 Å². The van der Waals surface area contributed by atoms with Crippen molar-refractivity contribution in [2.24, 2.45) is 0 Å². The minimum Gasteiger partial charge on any atom is -0.496 e. The predicted octanol–water partition coefficient (Wildman–Crippen LogP) is 3.17. The molecule has 0 atom stereocenters. The Morgan fingerprint density at radius 3 is 2.46 bits per heavy atom. The highest BCUT2D eigenvalue weighted by atomic mass is 16.5. The fourth-order valence-corrected chi connectivity index (χ4v) is 2.57. The van der Waals surface area contributed by atoms with Gasteiger partial charge in [0.1, 0.15) is 17.4 Å². The van der Waals surface area contributed by atoms with Gasteiger partial charge in [-0.25, -0.2) is 0 Å². The van der Waals surface area contributed by atoms with Gasteiger partial charge in [0, 0.05) is 22.5 Å². The Kier molecular flexibility index (Phi) is 4.04. The molecule has 0 bridgehead atoms. The van der Waals surface area contributed by atoms with Gasteiger partial charge in [-0.3, -0.25) is 4.79 Å². The fraction of sp³-hybridized carbons (Fsp3) is 0.0526. The number of nitriles is 1. The molecule has 118 valence electrons. The van der Waals surface area contributed by atoms with Gasteiger partial charge in [-0.15, -0.1) is 0 Å². The van der Waals surface area contributed by atoms with Crippen molar-refractivity contribution >= 4 is 5.69 Å². The number of hydrogen-bond acceptors (Lipinski definition) is 4. The summed E-state index contributed by atoms with van der Waals surface area (Å²) in [4.78, 5) is 15.1. The van der Waals surface area contributed by atoms with E-state index in [0.29, 0.717) is 28.3 Å². The van der Waals surface area contributed by atoms with Crippen molar-refractivity contribution < 1.29 is 4.74 Å². The van der Waals surface area contributed by atoms with Crippen molar-refractivity contribution in [3.05, 3.63) is 70.5 Å². The van der Waals surface area contributed by atoms with Crippen LogP contribution in [-0.2, 0) is 0 Å². The maximum atomic E-state index is 12.4. The number of benzene rings is 2. The summed E-state index contributed by atoms with van der Waals surface area (Å²) in [6.45, 7) is 0. The molecule has 0 aliphatic rings. The van der Waals surface area contributed by atoms with E-state index in [9.17, 15) is 10.1 Å². The lowest BCUT2D eigenvalue weighted by atomic mass is 9.98. The molecular weight excluding hydrogens is 302 g/mol. The Morgan fingerprint density at radius 2 is 1.79 bits per heavy atom. The van der Waals surface area contributed by atoms with Crippen molar-refractivity contribution in [3.63, 3.8) is 0 Å². The third kappa shape index (κ3) is 2.73. The molecule has 1 heterocycles. The van der Waals surface area contributed by atoms with Crippen LogP contribution < -0.4 is 16.0 Å². The number of aromatic nitrogens is 1. The molecule has 3 rings (SSSR count). The lowest BCUT2D eigenvalue weighted by Gasteiger charge is -2.11. The molecule has 24 heavy (non-hydrogen) atoms. The number of ether oxygens (including phenoxy) is 1. The number of nitrogen functional groups attached to an aromatic ring is 1. The topological polar surface area (TPSA) is 91.9 Å². The van der Waals surface area contributed by atoms with Gasteiger partial charge in [-0.2, -0.15) is 5.26 Å². The van der Waals surface area contributed by atoms with E-state index in [1.807, 2.05) is 36.4 Å². The molecule has 5 nitrogen and oxygen atoms in total. The summed E-state index contributed by atoms with van der Waals surface area (Å²) < 4.78 is 5.36. The molecule has 0 radical (unpaired) electrons. The second kappa shape index (κ2) is 6.31. The predicted molar refractivity (Wildman–Crippen MR) is 93.6 cm³/mol. The largest absolute Gasteiger partial charge is 0.496 e. The van der Waals surface area contributed by atoms with Crippen LogP contribution in [0.3, 0.4) is 0 Å². The molecule has 0 unspecified atom stereocenters. The zero-order valence-corrected chi connectivity index (χ0v) is 13.0. The Bertz CT molecular complexity index is 983. The summed E-state index contributed by atoms with van der Waals surface area (Å²) in [6, 6.07) is 18.2. The van der Waals surface area contributed by atoms with Gasteiger partial charge in [-0.1, -0.05) is 30.3 Å². The first-order valence-corrected chi connectivity index (χ1v) is 7.30. The lowest BCUT2D eigenvalue weighted by molar-refractivity contribution is 0.416. The second-order valence-electron chi connectivity index (χ2n) is 5.23. The summed E-state index contributed by atoms with van der Waals surface area (Å²) in [5.74, 6) is 0.600. The molecule has 5 heteroatoms. The SMILES string of the molecule is COc1ccccc1-c1cc(-c2ccc(N)cc2)[nH]c(=O)c1C#N. The Labute approximate surface area is 139 Å². The Morgan fingerprint density at radius 1 is 1.08 bits per heavy atom. The van der Waals surface area contributed by atoms with Crippen molar-refractivity contribution in [2.75, 3.05) is 12.8 Å². The quantitative estimate of drug-likeness (QED) is 0.726. The standard InChI is InChI=1S/C19H15N3O2/c1-24-18-5-3-2-4-14(18)15-10-17(22-19(23)16(15)11-20)12-6-8-13(21)9-7-12/h2-10H,21H2,1H3,(H,22,23). The summed E-state index contributed by atoms with van der Waals surface area (Å²) in [7, 11) is 1.55. The first-order chi connectivity index (χ1) is 11.6. The number of hydrogen-bond donors (Lipinski definition) is 2. The van der Waals surface area contributed by atoms with E-state index in [2.05, 4.69) is 4.98 Å². The summed E-state index contributed by atoms with van der Waals surface area (Å²) in [5.41, 5.74) is 8.61. The zero-order chi connectivity index (χ0) is 17.1. The van der Waals surface area contributed by atoms with Crippen LogP contribution in [0.1, 0.15) is 5.56 Å². The summed E-state index contributed by atoms with van der Waals surface area (Å²) in [6.07, 6.45) is 0. The number of nitrogens with zero attached hydrogens (tertiary/aromatic N) is 1. The third-order valence-electron chi connectivity index (χ3n) is 3.76. The van der Waals surface area contributed by atoms with Crippen LogP contribution in [0.25, 0.3) is 22.4 Å². The van der Waals surface area contributed by atoms with E-state index in [1.54, 1.807) is 31.4 Å². The number of methoxy groups -OCH3 is 1. The average molecular weight is 317 g/mol. The monoisotopic (exact) mass is 317 g/mol. The van der Waals surface area contributed by atoms with Gasteiger partial charge in [0.2, 0.25) is 0 Å². The molecular formula is C19H15N3O2. The number of nitrogens with one attached hydrogen (secondary N) is 1. The first kappa shape index (κ1) is 15.4. The second-order valence-corrected chi connectivity index (χ2v) is 5.23. The highest BCUT2D eigenvalue weighted by Gasteiger charge is 2.15. The van der Waals surface area contributed by atoms with Crippen LogP contribution in [0.4, 0.5) is 5.69 Å². The van der Waals surface area contributed by atoms with Crippen LogP contribution in [0.15, 0.2) is 59.4 Å². The Balaban J connectivity index is 2.27. The van der Waals surface area contributed by atoms with Crippen molar-refractivity contribution in [2.45, 2.75) is 0 Å². The molecule has 0 amide bonds. The van der Waals surface area contributed by atoms with E-state index < -0.39 is 5.56 Å². The molecule has 0 saturated carbocycles. The molecule has 3 aromatic rings. The van der Waals surface area contributed by atoms with Crippen LogP contribution in [0, 0.1) is 11.3 Å². The lowest BCUT2D eigenvalue weighted by Crippen LogP contribution is -2.13. The Hall–Kier alpha value is -3.52. The number of nitrogens with two attached hydrogens (primary N) is 1. The highest BCUT2D eigenvalue weighted by Crippen LogP contribution is 2.32. The third-order valence-corrected chi connectivity index (χ3v) is 3.76. The molecule has 0 aliphatic heterocycles. The molecule has 0 aliphatic carbocycles. The number of anilines is 1. The van der Waals surface area contributed by atoms with Crippen molar-refractivity contribution in [1.82, 2.24) is 4.98 Å². The smallest absolute Gasteiger partial charge is 0.266 e. The fourth-order valence-electron chi connectivity index (χ4n) is 2.57. The van der Waals surface area contributed by atoms with Gasteiger partial charge in [0.25, 0.3) is 5.56 Å². The van der Waals surface area contributed by atoms with Crippen LogP contribution in [0.5, 0.6) is 5.75 Å². The molecule has 2 aromatic carbocycles. The molecule has 3 N–H and O–H groups in total. The maximum Gasteiger partial charge on any atom is 0.266 e. The van der Waals surface area contributed by atoms with E-state index in [-0.39, 0.29) is 5.56 Å². The van der Waals surface area contributed by atoms with Gasteiger partial charge >= 0.3 is 0 Å². The van der Waals surface area contributed by atoms with E-state index in [0.717, 1.165) is 5.56 Å².